The average molecular weight is 240 g/mol. The van der Waals surface area contributed by atoms with Crippen LogP contribution in [-0.2, 0) is 4.79 Å². The molecule has 1 N–H and O–H groups in total. The first-order chi connectivity index (χ1) is 8.14. The molecule has 0 unspecified atom stereocenters. The van der Waals surface area contributed by atoms with Crippen LogP contribution >= 0.6 is 0 Å². The quantitative estimate of drug-likeness (QED) is 0.753. The van der Waals surface area contributed by atoms with Crippen LogP contribution in [0.1, 0.15) is 38.5 Å². The first-order valence-electron chi connectivity index (χ1n) is 6.83. The molecule has 3 fully saturated rings. The lowest BCUT2D eigenvalue weighted by atomic mass is 9.71. The Kier molecular flexibility index (Phi) is 2.65. The second kappa shape index (κ2) is 3.94. The third-order valence-electron chi connectivity index (χ3n) is 4.85. The minimum absolute atomic E-state index is 0.235. The molecule has 3 rings (SSSR count). The van der Waals surface area contributed by atoms with Crippen molar-refractivity contribution < 1.29 is 9.18 Å². The Labute approximate surface area is 102 Å². The van der Waals surface area contributed by atoms with E-state index in [1.165, 1.54) is 12.8 Å². The van der Waals surface area contributed by atoms with Gasteiger partial charge in [0.25, 0.3) is 5.91 Å². The molecule has 1 saturated carbocycles. The first-order valence-corrected chi connectivity index (χ1v) is 6.83. The second-order valence-electron chi connectivity index (χ2n) is 6.01. The third-order valence-corrected chi connectivity index (χ3v) is 4.85. The Morgan fingerprint density at radius 1 is 1.00 bits per heavy atom. The fourth-order valence-electron chi connectivity index (χ4n) is 3.25. The minimum Gasteiger partial charge on any atom is -0.340 e. The molecule has 96 valence electrons. The topological polar surface area (TPSA) is 32.3 Å². The van der Waals surface area contributed by atoms with Gasteiger partial charge in [0.05, 0.1) is 0 Å². The molecule has 1 amide bonds. The molecule has 0 aromatic carbocycles. The van der Waals surface area contributed by atoms with Crippen molar-refractivity contribution in [2.45, 2.75) is 44.2 Å². The van der Waals surface area contributed by atoms with Crippen LogP contribution in [-0.4, -0.2) is 42.7 Å². The highest BCUT2D eigenvalue weighted by atomic mass is 19.1. The second-order valence-corrected chi connectivity index (χ2v) is 6.01. The number of carbonyl (C=O) groups is 1. The summed E-state index contributed by atoms with van der Waals surface area (Å²) in [6.45, 7) is 3.73. The fourth-order valence-corrected chi connectivity index (χ4v) is 3.25. The zero-order valence-corrected chi connectivity index (χ0v) is 10.3. The Morgan fingerprint density at radius 3 is 2.12 bits per heavy atom. The Balaban J connectivity index is 1.58. The summed E-state index contributed by atoms with van der Waals surface area (Å²) in [6, 6.07) is 0. The molecule has 4 heteroatoms. The molecule has 2 heterocycles. The molecule has 1 spiro atoms. The zero-order chi connectivity index (χ0) is 11.9. The molecule has 0 aromatic heterocycles. The highest BCUT2D eigenvalue weighted by molar-refractivity contribution is 5.88. The van der Waals surface area contributed by atoms with Gasteiger partial charge in [0.1, 0.15) is 0 Å². The fraction of sp³-hybridized carbons (Fsp3) is 0.923. The van der Waals surface area contributed by atoms with Crippen LogP contribution in [0.4, 0.5) is 4.39 Å². The van der Waals surface area contributed by atoms with E-state index in [1.807, 2.05) is 0 Å². The molecule has 17 heavy (non-hydrogen) atoms. The molecule has 2 saturated heterocycles. The van der Waals surface area contributed by atoms with Gasteiger partial charge in [-0.3, -0.25) is 4.79 Å². The number of halogens is 1. The number of likely N-dealkylation sites (tertiary alicyclic amines) is 1. The lowest BCUT2D eigenvalue weighted by molar-refractivity contribution is -0.140. The summed E-state index contributed by atoms with van der Waals surface area (Å²) in [5, 5.41) is 3.38. The third kappa shape index (κ3) is 2.07. The smallest absolute Gasteiger partial charge is 0.260 e. The highest BCUT2D eigenvalue weighted by Crippen LogP contribution is 2.44. The number of nitrogens with one attached hydrogen (secondary N) is 1. The van der Waals surface area contributed by atoms with Gasteiger partial charge < -0.3 is 10.2 Å². The average Bonchev–Trinajstić information content (AvgIpc) is 3.10. The molecule has 0 aromatic rings. The van der Waals surface area contributed by atoms with Crippen LogP contribution < -0.4 is 5.32 Å². The predicted octanol–water partition coefficient (Wildman–Crippen LogP) is 1.48. The number of carbonyl (C=O) groups excluding carboxylic acids is 1. The minimum atomic E-state index is -1.47. The summed E-state index contributed by atoms with van der Waals surface area (Å²) in [5.41, 5.74) is -1.03. The lowest BCUT2D eigenvalue weighted by Crippen LogP contribution is -2.49. The standard InChI is InChI=1S/C13H21FN2O/c14-13(1-2-13)11(17)16-9-5-12(6-10-16)3-7-15-8-4-12/h15H,1-10H2. The zero-order valence-electron chi connectivity index (χ0n) is 10.3. The van der Waals surface area contributed by atoms with Crippen molar-refractivity contribution in [1.29, 1.82) is 0 Å². The molecule has 0 radical (unpaired) electrons. The summed E-state index contributed by atoms with van der Waals surface area (Å²) in [7, 11) is 0. The molecular weight excluding hydrogens is 219 g/mol. The molecule has 3 nitrogen and oxygen atoms in total. The molecule has 2 aliphatic heterocycles. The number of hydrogen-bond donors (Lipinski definition) is 1. The number of amides is 1. The number of piperidine rings is 2. The van der Waals surface area contributed by atoms with Crippen molar-refractivity contribution in [2.75, 3.05) is 26.2 Å². The summed E-state index contributed by atoms with van der Waals surface area (Å²) in [4.78, 5) is 13.7. The van der Waals surface area contributed by atoms with E-state index in [9.17, 15) is 9.18 Å². The number of alkyl halides is 1. The van der Waals surface area contributed by atoms with Crippen molar-refractivity contribution >= 4 is 5.91 Å². The first kappa shape index (κ1) is 11.5. The van der Waals surface area contributed by atoms with Crippen LogP contribution in [0.2, 0.25) is 0 Å². The van der Waals surface area contributed by atoms with E-state index in [2.05, 4.69) is 5.32 Å². The van der Waals surface area contributed by atoms with Gasteiger partial charge in [0, 0.05) is 13.1 Å². The van der Waals surface area contributed by atoms with Crippen LogP contribution in [0.25, 0.3) is 0 Å². The van der Waals surface area contributed by atoms with Crippen LogP contribution in [0, 0.1) is 5.41 Å². The summed E-state index contributed by atoms with van der Waals surface area (Å²) in [5.74, 6) is -0.235. The van der Waals surface area contributed by atoms with Gasteiger partial charge in [-0.1, -0.05) is 0 Å². The summed E-state index contributed by atoms with van der Waals surface area (Å²) >= 11 is 0. The van der Waals surface area contributed by atoms with Gasteiger partial charge >= 0.3 is 0 Å². The van der Waals surface area contributed by atoms with Crippen molar-refractivity contribution in [3.63, 3.8) is 0 Å². The SMILES string of the molecule is O=C(N1CCC2(CCNCC2)CC1)C1(F)CC1. The number of hydrogen-bond acceptors (Lipinski definition) is 2. The van der Waals surface area contributed by atoms with E-state index in [-0.39, 0.29) is 5.91 Å². The number of rotatable bonds is 1. The van der Waals surface area contributed by atoms with E-state index < -0.39 is 5.67 Å². The maximum Gasteiger partial charge on any atom is 0.260 e. The van der Waals surface area contributed by atoms with Gasteiger partial charge in [0.15, 0.2) is 5.67 Å². The van der Waals surface area contributed by atoms with Gasteiger partial charge in [-0.05, 0) is 57.0 Å². The van der Waals surface area contributed by atoms with Gasteiger partial charge in [-0.15, -0.1) is 0 Å². The Hall–Kier alpha value is -0.640. The van der Waals surface area contributed by atoms with Crippen LogP contribution in [0.3, 0.4) is 0 Å². The molecule has 1 aliphatic carbocycles. The number of nitrogens with zero attached hydrogens (tertiary/aromatic N) is 1. The van der Waals surface area contributed by atoms with Crippen LogP contribution in [0.15, 0.2) is 0 Å². The van der Waals surface area contributed by atoms with Crippen molar-refractivity contribution in [2.24, 2.45) is 5.41 Å². The van der Waals surface area contributed by atoms with E-state index in [0.717, 1.165) is 39.0 Å². The van der Waals surface area contributed by atoms with Crippen molar-refractivity contribution in [1.82, 2.24) is 10.2 Å². The van der Waals surface area contributed by atoms with Crippen molar-refractivity contribution in [3.8, 4) is 0 Å². The summed E-state index contributed by atoms with van der Waals surface area (Å²) < 4.78 is 13.7. The normalized spacial score (nSPS) is 30.3. The highest BCUT2D eigenvalue weighted by Gasteiger charge is 2.53. The van der Waals surface area contributed by atoms with Crippen LogP contribution in [0.5, 0.6) is 0 Å². The van der Waals surface area contributed by atoms with E-state index >= 15 is 0 Å². The maximum atomic E-state index is 13.7. The molecular formula is C13H21FN2O. The Morgan fingerprint density at radius 2 is 1.59 bits per heavy atom. The largest absolute Gasteiger partial charge is 0.340 e. The Bertz CT molecular complexity index is 311. The van der Waals surface area contributed by atoms with Gasteiger partial charge in [0.2, 0.25) is 0 Å². The van der Waals surface area contributed by atoms with E-state index in [0.29, 0.717) is 18.3 Å². The lowest BCUT2D eigenvalue weighted by Gasteiger charge is -2.44. The van der Waals surface area contributed by atoms with E-state index in [4.69, 9.17) is 0 Å². The molecule has 3 aliphatic rings. The monoisotopic (exact) mass is 240 g/mol. The van der Waals surface area contributed by atoms with Gasteiger partial charge in [-0.25, -0.2) is 4.39 Å². The maximum absolute atomic E-state index is 13.7. The van der Waals surface area contributed by atoms with Gasteiger partial charge in [-0.2, -0.15) is 0 Å². The van der Waals surface area contributed by atoms with Crippen molar-refractivity contribution in [3.05, 3.63) is 0 Å². The predicted molar refractivity (Wildman–Crippen MR) is 63.4 cm³/mol. The summed E-state index contributed by atoms with van der Waals surface area (Å²) in [6.07, 6.45) is 5.45. The molecule has 0 bridgehead atoms. The van der Waals surface area contributed by atoms with E-state index in [1.54, 1.807) is 4.90 Å². The molecule has 0 atom stereocenters.